The molecule has 3 aromatic heterocycles. The van der Waals surface area contributed by atoms with Crippen LogP contribution in [0.5, 0.6) is 0 Å². The molecule has 0 radical (unpaired) electrons. The van der Waals surface area contributed by atoms with Crippen LogP contribution in [0.1, 0.15) is 30.7 Å². The molecule has 0 aliphatic heterocycles. The fourth-order valence-corrected chi connectivity index (χ4v) is 4.52. The van der Waals surface area contributed by atoms with Crippen molar-refractivity contribution in [2.45, 2.75) is 13.3 Å². The van der Waals surface area contributed by atoms with Crippen molar-refractivity contribution in [2.24, 2.45) is 0 Å². The van der Waals surface area contributed by atoms with E-state index < -0.39 is 0 Å². The molecule has 0 saturated heterocycles. The molecule has 0 saturated carbocycles. The minimum absolute atomic E-state index is 0.0426. The van der Waals surface area contributed by atoms with Gasteiger partial charge in [-0.3, -0.25) is 19.7 Å². The van der Waals surface area contributed by atoms with Crippen LogP contribution in [-0.4, -0.2) is 46.7 Å². The fourth-order valence-electron chi connectivity index (χ4n) is 2.19. The smallest absolute Gasteiger partial charge is 0.267 e. The van der Waals surface area contributed by atoms with Gasteiger partial charge in [-0.05, 0) is 18.4 Å². The Hall–Kier alpha value is -2.63. The van der Waals surface area contributed by atoms with Crippen LogP contribution >= 0.6 is 34.0 Å². The highest BCUT2D eigenvalue weighted by molar-refractivity contribution is 7.17. The first kappa shape index (κ1) is 20.1. The van der Waals surface area contributed by atoms with E-state index in [0.717, 1.165) is 11.3 Å². The van der Waals surface area contributed by atoms with Gasteiger partial charge < -0.3 is 10.2 Å². The molecule has 0 atom stereocenters. The third-order valence-corrected chi connectivity index (χ3v) is 6.24. The number of aryl methyl sites for hydroxylation is 1. The summed E-state index contributed by atoms with van der Waals surface area (Å²) >= 11 is 3.74. The molecule has 11 heteroatoms. The molecule has 0 aliphatic rings. The van der Waals surface area contributed by atoms with Crippen molar-refractivity contribution in [1.82, 2.24) is 14.9 Å². The molecule has 0 bridgehead atoms. The topological polar surface area (TPSA) is 104 Å². The predicted octanol–water partition coefficient (Wildman–Crippen LogP) is 3.10. The molecule has 3 aromatic rings. The van der Waals surface area contributed by atoms with E-state index >= 15 is 0 Å². The van der Waals surface area contributed by atoms with E-state index in [9.17, 15) is 14.4 Å². The van der Waals surface area contributed by atoms with Crippen LogP contribution in [-0.2, 0) is 11.2 Å². The molecule has 8 nitrogen and oxygen atoms in total. The molecular formula is C17H17N5O3S3. The number of nitrogens with zero attached hydrogens (tertiary/aromatic N) is 3. The van der Waals surface area contributed by atoms with E-state index in [4.69, 9.17) is 0 Å². The number of aromatic nitrogens is 2. The Labute approximate surface area is 173 Å². The number of rotatable bonds is 6. The van der Waals surface area contributed by atoms with Crippen molar-refractivity contribution in [1.29, 1.82) is 0 Å². The molecule has 0 aliphatic carbocycles. The van der Waals surface area contributed by atoms with Crippen molar-refractivity contribution >= 4 is 62.0 Å². The Kier molecular flexibility index (Phi) is 6.17. The fraction of sp³-hybridized carbons (Fsp3) is 0.235. The van der Waals surface area contributed by atoms with E-state index in [2.05, 4.69) is 20.6 Å². The lowest BCUT2D eigenvalue weighted by atomic mass is 10.3. The first-order valence-electron chi connectivity index (χ1n) is 8.11. The van der Waals surface area contributed by atoms with Crippen LogP contribution in [0.3, 0.4) is 0 Å². The molecule has 0 aromatic carbocycles. The number of thiophene rings is 1. The Morgan fingerprint density at radius 1 is 1.11 bits per heavy atom. The van der Waals surface area contributed by atoms with Crippen LogP contribution < -0.4 is 10.6 Å². The second-order valence-corrected chi connectivity index (χ2v) is 8.74. The maximum Gasteiger partial charge on any atom is 0.267 e. The Bertz CT molecular complexity index is 1010. The normalized spacial score (nSPS) is 10.5. The van der Waals surface area contributed by atoms with Gasteiger partial charge in [0.15, 0.2) is 10.3 Å². The first-order valence-corrected chi connectivity index (χ1v) is 10.7. The van der Waals surface area contributed by atoms with E-state index in [1.165, 1.54) is 27.6 Å². The van der Waals surface area contributed by atoms with Crippen LogP contribution in [0, 0.1) is 6.92 Å². The van der Waals surface area contributed by atoms with Crippen molar-refractivity contribution in [3.05, 3.63) is 44.0 Å². The average molecular weight is 436 g/mol. The SMILES string of the molecule is Cc1nc(NC(=O)Cc2csc(NC(=O)c3cccs3)n2)sc1C(=O)N(C)C. The van der Waals surface area contributed by atoms with Crippen LogP contribution in [0.15, 0.2) is 22.9 Å². The van der Waals surface area contributed by atoms with E-state index in [-0.39, 0.29) is 24.1 Å². The van der Waals surface area contributed by atoms with Gasteiger partial charge in [0, 0.05) is 19.5 Å². The molecule has 146 valence electrons. The highest BCUT2D eigenvalue weighted by Crippen LogP contribution is 2.24. The number of amides is 3. The van der Waals surface area contributed by atoms with Gasteiger partial charge >= 0.3 is 0 Å². The molecule has 0 spiro atoms. The van der Waals surface area contributed by atoms with Gasteiger partial charge in [-0.25, -0.2) is 9.97 Å². The molecule has 3 amide bonds. The molecule has 3 rings (SSSR count). The summed E-state index contributed by atoms with van der Waals surface area (Å²) in [6.45, 7) is 1.73. The predicted molar refractivity (Wildman–Crippen MR) is 112 cm³/mol. The van der Waals surface area contributed by atoms with Gasteiger partial charge in [0.05, 0.1) is 22.7 Å². The summed E-state index contributed by atoms with van der Waals surface area (Å²) in [5.74, 6) is -0.670. The lowest BCUT2D eigenvalue weighted by Gasteiger charge is -2.07. The Morgan fingerprint density at radius 2 is 1.89 bits per heavy atom. The zero-order chi connectivity index (χ0) is 20.3. The van der Waals surface area contributed by atoms with E-state index in [1.807, 2.05) is 5.38 Å². The maximum atomic E-state index is 12.3. The van der Waals surface area contributed by atoms with Crippen molar-refractivity contribution in [2.75, 3.05) is 24.7 Å². The zero-order valence-corrected chi connectivity index (χ0v) is 17.8. The van der Waals surface area contributed by atoms with Gasteiger partial charge in [-0.15, -0.1) is 22.7 Å². The summed E-state index contributed by atoms with van der Waals surface area (Å²) in [6.07, 6.45) is 0.0426. The molecule has 0 fully saturated rings. The van der Waals surface area contributed by atoms with Crippen molar-refractivity contribution < 1.29 is 14.4 Å². The number of hydrogen-bond acceptors (Lipinski definition) is 8. The summed E-state index contributed by atoms with van der Waals surface area (Å²) in [7, 11) is 3.33. The number of carbonyl (C=O) groups is 3. The molecule has 3 heterocycles. The lowest BCUT2D eigenvalue weighted by molar-refractivity contribution is -0.115. The summed E-state index contributed by atoms with van der Waals surface area (Å²) in [5, 5.41) is 9.76. The standard InChI is InChI=1S/C17H17N5O3S3/c1-9-13(15(25)22(2)3)28-17(18-9)20-12(23)7-10-8-27-16(19-10)21-14(24)11-5-4-6-26-11/h4-6,8H,7H2,1-3H3,(H,18,20,23)(H,19,21,24). The zero-order valence-electron chi connectivity index (χ0n) is 15.3. The van der Waals surface area contributed by atoms with Crippen LogP contribution in [0.4, 0.5) is 10.3 Å². The first-order chi connectivity index (χ1) is 13.3. The van der Waals surface area contributed by atoms with E-state index in [0.29, 0.717) is 31.4 Å². The Balaban J connectivity index is 1.58. The minimum atomic E-state index is -0.293. The molecule has 2 N–H and O–H groups in total. The summed E-state index contributed by atoms with van der Waals surface area (Å²) in [6, 6.07) is 3.53. The van der Waals surface area contributed by atoms with Crippen molar-refractivity contribution in [3.63, 3.8) is 0 Å². The third-order valence-electron chi connectivity index (χ3n) is 3.50. The largest absolute Gasteiger partial charge is 0.344 e. The summed E-state index contributed by atoms with van der Waals surface area (Å²) in [5.41, 5.74) is 1.12. The van der Waals surface area contributed by atoms with Gasteiger partial charge in [0.25, 0.3) is 11.8 Å². The maximum absolute atomic E-state index is 12.3. The molecule has 28 heavy (non-hydrogen) atoms. The van der Waals surface area contributed by atoms with Crippen LogP contribution in [0.25, 0.3) is 0 Å². The number of hydrogen-bond donors (Lipinski definition) is 2. The number of carbonyl (C=O) groups excluding carboxylic acids is 3. The van der Waals surface area contributed by atoms with Gasteiger partial charge in [-0.2, -0.15) is 0 Å². The monoisotopic (exact) mass is 435 g/mol. The van der Waals surface area contributed by atoms with Gasteiger partial charge in [0.2, 0.25) is 5.91 Å². The van der Waals surface area contributed by atoms with Crippen LogP contribution in [0.2, 0.25) is 0 Å². The Morgan fingerprint density at radius 3 is 2.57 bits per heavy atom. The van der Waals surface area contributed by atoms with Crippen molar-refractivity contribution in [3.8, 4) is 0 Å². The third kappa shape index (κ3) is 4.80. The minimum Gasteiger partial charge on any atom is -0.344 e. The number of anilines is 2. The second kappa shape index (κ2) is 8.59. The average Bonchev–Trinajstić information content (AvgIpc) is 3.36. The van der Waals surface area contributed by atoms with E-state index in [1.54, 1.807) is 38.5 Å². The molecular weight excluding hydrogens is 418 g/mol. The lowest BCUT2D eigenvalue weighted by Crippen LogP contribution is -2.21. The number of nitrogens with one attached hydrogen (secondary N) is 2. The number of thiazole rings is 2. The van der Waals surface area contributed by atoms with Gasteiger partial charge in [-0.1, -0.05) is 17.4 Å². The summed E-state index contributed by atoms with van der Waals surface area (Å²) < 4.78 is 0. The quantitative estimate of drug-likeness (QED) is 0.619. The highest BCUT2D eigenvalue weighted by atomic mass is 32.1. The summed E-state index contributed by atoms with van der Waals surface area (Å²) in [4.78, 5) is 47.4. The molecule has 0 unspecified atom stereocenters. The second-order valence-electron chi connectivity index (χ2n) is 5.93. The highest BCUT2D eigenvalue weighted by Gasteiger charge is 2.18. The van der Waals surface area contributed by atoms with Gasteiger partial charge in [0.1, 0.15) is 4.88 Å².